The number of amides is 1. The molecule has 0 saturated carbocycles. The molecule has 1 spiro atoms. The Morgan fingerprint density at radius 3 is 2.62 bits per heavy atom. The summed E-state index contributed by atoms with van der Waals surface area (Å²) < 4.78 is 0. The first-order valence-corrected chi connectivity index (χ1v) is 8.20. The lowest BCUT2D eigenvalue weighted by atomic mass is 9.79. The highest BCUT2D eigenvalue weighted by Gasteiger charge is 2.45. The number of carbonyl (C=O) groups excluding carboxylic acids is 1. The number of hydrogen-bond acceptors (Lipinski definition) is 2. The number of benzene rings is 1. The first-order chi connectivity index (χ1) is 10.1. The minimum atomic E-state index is -0.0794. The second-order valence-electron chi connectivity index (χ2n) is 6.48. The Kier molecular flexibility index (Phi) is 4.23. The van der Waals surface area contributed by atoms with Gasteiger partial charge in [-0.1, -0.05) is 29.8 Å². The van der Waals surface area contributed by atoms with Crippen molar-refractivity contribution >= 4 is 17.5 Å². The van der Waals surface area contributed by atoms with Crippen LogP contribution in [0.1, 0.15) is 31.2 Å². The molecule has 1 aromatic rings. The van der Waals surface area contributed by atoms with Crippen molar-refractivity contribution in [2.75, 3.05) is 26.7 Å². The molecule has 1 amide bonds. The maximum Gasteiger partial charge on any atom is 0.228 e. The van der Waals surface area contributed by atoms with Crippen LogP contribution in [0, 0.1) is 5.41 Å². The molecule has 2 aliphatic rings. The minimum absolute atomic E-state index is 0.0794. The van der Waals surface area contributed by atoms with Crippen molar-refractivity contribution in [3.63, 3.8) is 0 Å². The van der Waals surface area contributed by atoms with E-state index in [9.17, 15) is 4.79 Å². The van der Waals surface area contributed by atoms with E-state index in [1.807, 2.05) is 30.1 Å². The quantitative estimate of drug-likeness (QED) is 0.838. The first-order valence-electron chi connectivity index (χ1n) is 7.82. The highest BCUT2D eigenvalue weighted by atomic mass is 35.5. The summed E-state index contributed by atoms with van der Waals surface area (Å²) in [5.74, 6) is 0.363. The van der Waals surface area contributed by atoms with Crippen LogP contribution in [-0.2, 0) is 11.3 Å². The van der Waals surface area contributed by atoms with Crippen LogP contribution in [0.3, 0.4) is 0 Å². The fraction of sp³-hybridized carbons (Fsp3) is 0.588. The van der Waals surface area contributed by atoms with Crippen LogP contribution < -0.4 is 0 Å². The van der Waals surface area contributed by atoms with Gasteiger partial charge < -0.3 is 4.90 Å². The third-order valence-electron chi connectivity index (χ3n) is 5.11. The largest absolute Gasteiger partial charge is 0.345 e. The molecule has 1 aromatic carbocycles. The van der Waals surface area contributed by atoms with Crippen LogP contribution >= 0.6 is 11.6 Å². The summed E-state index contributed by atoms with van der Waals surface area (Å²) in [5.41, 5.74) is 1.11. The van der Waals surface area contributed by atoms with Crippen molar-refractivity contribution in [2.24, 2.45) is 5.41 Å². The summed E-state index contributed by atoms with van der Waals surface area (Å²) >= 11 is 6.26. The summed E-state index contributed by atoms with van der Waals surface area (Å²) in [7, 11) is 1.93. The van der Waals surface area contributed by atoms with E-state index >= 15 is 0 Å². The number of halogens is 1. The molecular formula is C17H23ClN2O. The maximum absolute atomic E-state index is 12.4. The topological polar surface area (TPSA) is 23.6 Å². The lowest BCUT2D eigenvalue weighted by molar-refractivity contribution is -0.135. The van der Waals surface area contributed by atoms with Crippen LogP contribution in [0.5, 0.6) is 0 Å². The van der Waals surface area contributed by atoms with Crippen molar-refractivity contribution < 1.29 is 4.79 Å². The van der Waals surface area contributed by atoms with E-state index in [0.29, 0.717) is 5.91 Å². The van der Waals surface area contributed by atoms with Gasteiger partial charge in [-0.25, -0.2) is 0 Å². The Morgan fingerprint density at radius 2 is 1.90 bits per heavy atom. The smallest absolute Gasteiger partial charge is 0.228 e. The summed E-state index contributed by atoms with van der Waals surface area (Å²) in [6, 6.07) is 8.05. The molecule has 0 N–H and O–H groups in total. The molecule has 3 rings (SSSR count). The molecule has 0 aliphatic carbocycles. The van der Waals surface area contributed by atoms with Gasteiger partial charge in [0.15, 0.2) is 0 Å². The molecule has 4 heteroatoms. The molecule has 1 atom stereocenters. The number of hydrogen-bond donors (Lipinski definition) is 0. The lowest BCUT2D eigenvalue weighted by Gasteiger charge is -2.26. The highest BCUT2D eigenvalue weighted by Crippen LogP contribution is 2.41. The molecular weight excluding hydrogens is 284 g/mol. The fourth-order valence-electron chi connectivity index (χ4n) is 3.73. The van der Waals surface area contributed by atoms with Gasteiger partial charge in [-0.2, -0.15) is 0 Å². The van der Waals surface area contributed by atoms with Gasteiger partial charge in [0.2, 0.25) is 5.91 Å². The van der Waals surface area contributed by atoms with Gasteiger partial charge in [0.05, 0.1) is 5.41 Å². The molecule has 0 radical (unpaired) electrons. The van der Waals surface area contributed by atoms with Crippen molar-refractivity contribution in [3.8, 4) is 0 Å². The lowest BCUT2D eigenvalue weighted by Crippen LogP contribution is -2.33. The third-order valence-corrected chi connectivity index (χ3v) is 5.48. The Morgan fingerprint density at radius 1 is 1.14 bits per heavy atom. The normalized spacial score (nSPS) is 27.3. The van der Waals surface area contributed by atoms with Gasteiger partial charge in [-0.15, -0.1) is 0 Å². The van der Waals surface area contributed by atoms with E-state index in [1.165, 1.54) is 5.56 Å². The highest BCUT2D eigenvalue weighted by molar-refractivity contribution is 6.31. The van der Waals surface area contributed by atoms with Gasteiger partial charge >= 0.3 is 0 Å². The van der Waals surface area contributed by atoms with Crippen molar-refractivity contribution in [2.45, 2.75) is 32.2 Å². The van der Waals surface area contributed by atoms with Crippen molar-refractivity contribution in [1.82, 2.24) is 9.80 Å². The van der Waals surface area contributed by atoms with Crippen molar-refractivity contribution in [3.05, 3.63) is 34.9 Å². The predicted octanol–water partition coefficient (Wildman–Crippen LogP) is 3.17. The summed E-state index contributed by atoms with van der Waals surface area (Å²) in [6.45, 7) is 3.86. The SMILES string of the molecule is CN1CC[C@@]2(CCCN(Cc3ccccc3Cl)CC2)C1=O. The summed E-state index contributed by atoms with van der Waals surface area (Å²) in [6.07, 6.45) is 4.15. The molecule has 0 bridgehead atoms. The Bertz CT molecular complexity index is 533. The standard InChI is InChI=1S/C17H23ClN2O/c1-19-11-8-17(16(19)21)7-4-10-20(12-9-17)13-14-5-2-3-6-15(14)18/h2-3,5-6H,4,7-13H2,1H3/t17-/m1/s1. The molecule has 2 fully saturated rings. The van der Waals surface area contributed by atoms with Crippen LogP contribution in [-0.4, -0.2) is 42.4 Å². The molecule has 2 heterocycles. The van der Waals surface area contributed by atoms with Gasteiger partial charge in [0.1, 0.15) is 0 Å². The average molecular weight is 307 g/mol. The average Bonchev–Trinajstić information content (AvgIpc) is 2.66. The van der Waals surface area contributed by atoms with Crippen LogP contribution in [0.25, 0.3) is 0 Å². The van der Waals surface area contributed by atoms with E-state index in [0.717, 1.165) is 56.9 Å². The monoisotopic (exact) mass is 306 g/mol. The van der Waals surface area contributed by atoms with E-state index in [-0.39, 0.29) is 5.41 Å². The zero-order valence-corrected chi connectivity index (χ0v) is 13.4. The van der Waals surface area contributed by atoms with Gasteiger partial charge in [0, 0.05) is 25.2 Å². The molecule has 0 unspecified atom stereocenters. The van der Waals surface area contributed by atoms with E-state index < -0.39 is 0 Å². The second-order valence-corrected chi connectivity index (χ2v) is 6.89. The number of likely N-dealkylation sites (tertiary alicyclic amines) is 2. The molecule has 2 aliphatic heterocycles. The maximum atomic E-state index is 12.4. The zero-order chi connectivity index (χ0) is 14.9. The van der Waals surface area contributed by atoms with Crippen LogP contribution in [0.15, 0.2) is 24.3 Å². The molecule has 3 nitrogen and oxygen atoms in total. The molecule has 2 saturated heterocycles. The number of carbonyl (C=O) groups is 1. The van der Waals surface area contributed by atoms with Gasteiger partial charge in [-0.05, 0) is 50.4 Å². The number of nitrogens with zero attached hydrogens (tertiary/aromatic N) is 2. The van der Waals surface area contributed by atoms with E-state index in [4.69, 9.17) is 11.6 Å². The summed E-state index contributed by atoms with van der Waals surface area (Å²) in [5, 5.41) is 0.841. The Hall–Kier alpha value is -1.06. The van der Waals surface area contributed by atoms with Crippen LogP contribution in [0.2, 0.25) is 5.02 Å². The van der Waals surface area contributed by atoms with E-state index in [2.05, 4.69) is 11.0 Å². The predicted molar refractivity (Wildman–Crippen MR) is 85.3 cm³/mol. The molecule has 114 valence electrons. The fourth-order valence-corrected chi connectivity index (χ4v) is 3.93. The van der Waals surface area contributed by atoms with E-state index in [1.54, 1.807) is 0 Å². The van der Waals surface area contributed by atoms with Gasteiger partial charge in [-0.3, -0.25) is 9.69 Å². The van der Waals surface area contributed by atoms with Gasteiger partial charge in [0.25, 0.3) is 0 Å². The first kappa shape index (κ1) is 14.9. The Balaban J connectivity index is 1.67. The molecule has 0 aromatic heterocycles. The van der Waals surface area contributed by atoms with Crippen LogP contribution in [0.4, 0.5) is 0 Å². The molecule has 21 heavy (non-hydrogen) atoms. The third kappa shape index (κ3) is 2.95. The van der Waals surface area contributed by atoms with Crippen molar-refractivity contribution in [1.29, 1.82) is 0 Å². The zero-order valence-electron chi connectivity index (χ0n) is 12.6. The second kappa shape index (κ2) is 5.98. The number of rotatable bonds is 2. The minimum Gasteiger partial charge on any atom is -0.345 e. The Labute approximate surface area is 131 Å². The summed E-state index contributed by atoms with van der Waals surface area (Å²) in [4.78, 5) is 16.8.